The molecule has 0 spiro atoms. The molecule has 3 heteroatoms. The van der Waals surface area contributed by atoms with Crippen LogP contribution in [0.25, 0.3) is 0 Å². The highest BCUT2D eigenvalue weighted by molar-refractivity contribution is 6.15. The molecule has 0 aromatic heterocycles. The topological polar surface area (TPSA) is 28.0 Å². The lowest BCUT2D eigenvalue weighted by Crippen LogP contribution is -2.24. The normalized spacial score (nSPS) is 15.6. The van der Waals surface area contributed by atoms with E-state index in [4.69, 9.17) is 0 Å². The van der Waals surface area contributed by atoms with Crippen LogP contribution in [0.4, 0.5) is 5.69 Å². The van der Waals surface area contributed by atoms with E-state index in [2.05, 4.69) is 51.5 Å². The van der Waals surface area contributed by atoms with E-state index < -0.39 is 0 Å². The second kappa shape index (κ2) is 3.53. The minimum atomic E-state index is 0.870. The fourth-order valence-corrected chi connectivity index (χ4v) is 2.56. The number of para-hydroxylation sites is 1. The maximum Gasteiger partial charge on any atom is 0.163 e. The highest BCUT2D eigenvalue weighted by Gasteiger charge is 2.28. The summed E-state index contributed by atoms with van der Waals surface area (Å²) in [6, 6.07) is 16.6. The summed E-state index contributed by atoms with van der Waals surface area (Å²) in [5.74, 6) is 0.951. The molecule has 0 bridgehead atoms. The molecule has 18 heavy (non-hydrogen) atoms. The van der Waals surface area contributed by atoms with E-state index in [-0.39, 0.29) is 0 Å². The fraction of sp³-hybridized carbons (Fsp3) is 0.0667. The van der Waals surface area contributed by atoms with Crippen molar-refractivity contribution < 1.29 is 0 Å². The number of hydrogen-bond donors (Lipinski definition) is 0. The predicted octanol–water partition coefficient (Wildman–Crippen LogP) is 2.80. The molecule has 0 aliphatic carbocycles. The Labute approximate surface area is 105 Å². The average molecular weight is 233 g/mol. The zero-order valence-corrected chi connectivity index (χ0v) is 9.74. The Morgan fingerprint density at radius 2 is 1.78 bits per heavy atom. The van der Waals surface area contributed by atoms with Crippen LogP contribution in [0.15, 0.2) is 58.7 Å². The van der Waals surface area contributed by atoms with Gasteiger partial charge in [0.05, 0.1) is 18.4 Å². The van der Waals surface area contributed by atoms with E-state index in [0.29, 0.717) is 0 Å². The molecular weight excluding hydrogens is 222 g/mol. The van der Waals surface area contributed by atoms with Crippen molar-refractivity contribution in [3.8, 4) is 0 Å². The quantitative estimate of drug-likeness (QED) is 0.687. The molecule has 3 nitrogen and oxygen atoms in total. The smallest absolute Gasteiger partial charge is 0.163 e. The highest BCUT2D eigenvalue weighted by atomic mass is 15.3. The van der Waals surface area contributed by atoms with Crippen molar-refractivity contribution in [1.29, 1.82) is 0 Å². The third kappa shape index (κ3) is 1.24. The summed E-state index contributed by atoms with van der Waals surface area (Å²) in [4.78, 5) is 2.23. The van der Waals surface area contributed by atoms with E-state index in [1.807, 2.05) is 18.3 Å². The van der Waals surface area contributed by atoms with E-state index in [9.17, 15) is 0 Å². The first-order valence-corrected chi connectivity index (χ1v) is 5.99. The van der Waals surface area contributed by atoms with Crippen molar-refractivity contribution in [1.82, 2.24) is 0 Å². The van der Waals surface area contributed by atoms with Gasteiger partial charge >= 0.3 is 0 Å². The number of anilines is 1. The van der Waals surface area contributed by atoms with Crippen LogP contribution in [0.5, 0.6) is 0 Å². The summed E-state index contributed by atoms with van der Waals surface area (Å²) in [7, 11) is 0. The zero-order valence-electron chi connectivity index (χ0n) is 9.74. The van der Waals surface area contributed by atoms with Gasteiger partial charge in [0.15, 0.2) is 5.84 Å². The molecule has 2 aromatic rings. The van der Waals surface area contributed by atoms with Crippen molar-refractivity contribution in [2.24, 2.45) is 10.2 Å². The zero-order chi connectivity index (χ0) is 11.9. The van der Waals surface area contributed by atoms with Crippen molar-refractivity contribution in [3.05, 3.63) is 65.2 Å². The molecule has 86 valence electrons. The van der Waals surface area contributed by atoms with Gasteiger partial charge < -0.3 is 4.90 Å². The van der Waals surface area contributed by atoms with Crippen LogP contribution in [-0.4, -0.2) is 12.1 Å². The van der Waals surface area contributed by atoms with Gasteiger partial charge in [-0.25, -0.2) is 0 Å². The third-order valence-corrected chi connectivity index (χ3v) is 3.42. The van der Waals surface area contributed by atoms with Crippen LogP contribution in [-0.2, 0) is 6.54 Å². The lowest BCUT2D eigenvalue weighted by atomic mass is 10.1. The Bertz CT molecular complexity index is 686. The summed E-state index contributed by atoms with van der Waals surface area (Å²) in [6.07, 6.45) is 1.82. The Morgan fingerprint density at radius 1 is 0.944 bits per heavy atom. The van der Waals surface area contributed by atoms with Gasteiger partial charge in [-0.15, -0.1) is 5.10 Å². The van der Waals surface area contributed by atoms with Gasteiger partial charge in [0.2, 0.25) is 0 Å². The molecule has 2 aromatic carbocycles. The van der Waals surface area contributed by atoms with Gasteiger partial charge in [0.25, 0.3) is 0 Å². The first kappa shape index (κ1) is 9.59. The van der Waals surface area contributed by atoms with Crippen LogP contribution in [0.2, 0.25) is 0 Å². The first-order chi connectivity index (χ1) is 8.93. The average Bonchev–Trinajstić information content (AvgIpc) is 2.69. The summed E-state index contributed by atoms with van der Waals surface area (Å²) >= 11 is 0. The number of benzene rings is 2. The lowest BCUT2D eigenvalue weighted by molar-refractivity contribution is 1.05. The van der Waals surface area contributed by atoms with Crippen molar-refractivity contribution in [3.63, 3.8) is 0 Å². The molecule has 0 saturated heterocycles. The van der Waals surface area contributed by atoms with Crippen LogP contribution in [0, 0.1) is 0 Å². The van der Waals surface area contributed by atoms with E-state index in [1.54, 1.807) is 0 Å². The molecule has 2 heterocycles. The van der Waals surface area contributed by atoms with Crippen molar-refractivity contribution >= 4 is 17.7 Å². The molecule has 0 radical (unpaired) electrons. The van der Waals surface area contributed by atoms with Gasteiger partial charge in [0, 0.05) is 11.1 Å². The lowest BCUT2D eigenvalue weighted by Gasteiger charge is -2.18. The Kier molecular flexibility index (Phi) is 1.88. The molecule has 2 aliphatic heterocycles. The molecular formula is C15H11N3. The molecule has 0 fully saturated rings. The van der Waals surface area contributed by atoms with E-state index in [0.717, 1.165) is 17.9 Å². The van der Waals surface area contributed by atoms with Crippen LogP contribution >= 0.6 is 0 Å². The molecule has 0 amide bonds. The van der Waals surface area contributed by atoms with Crippen LogP contribution in [0.3, 0.4) is 0 Å². The number of fused-ring (bicyclic) bond motifs is 5. The standard InChI is InChI=1S/C15H11N3/c1-3-7-13-12(6-1)10-18-14-8-4-2-5-11(14)9-16-17-15(13)18/h1-9H,10H2. The fourth-order valence-electron chi connectivity index (χ4n) is 2.56. The van der Waals surface area contributed by atoms with Crippen LogP contribution < -0.4 is 4.90 Å². The van der Waals surface area contributed by atoms with Gasteiger partial charge in [-0.2, -0.15) is 5.10 Å². The molecule has 0 unspecified atom stereocenters. The first-order valence-electron chi connectivity index (χ1n) is 5.99. The number of nitrogens with zero attached hydrogens (tertiary/aromatic N) is 3. The molecule has 2 aliphatic rings. The maximum atomic E-state index is 4.35. The molecule has 0 saturated carbocycles. The van der Waals surface area contributed by atoms with E-state index >= 15 is 0 Å². The third-order valence-electron chi connectivity index (χ3n) is 3.42. The van der Waals surface area contributed by atoms with E-state index in [1.165, 1.54) is 16.8 Å². The Hall–Kier alpha value is -2.42. The SMILES string of the molecule is C1=NN=C2c3ccccc3CN2c2ccccc21. The van der Waals surface area contributed by atoms with Gasteiger partial charge in [-0.05, 0) is 11.6 Å². The highest BCUT2D eigenvalue weighted by Crippen LogP contribution is 2.31. The maximum absolute atomic E-state index is 4.35. The molecule has 0 N–H and O–H groups in total. The Balaban J connectivity index is 1.95. The largest absolute Gasteiger partial charge is 0.319 e. The summed E-state index contributed by atoms with van der Waals surface area (Å²) < 4.78 is 0. The number of hydrogen-bond acceptors (Lipinski definition) is 3. The summed E-state index contributed by atoms with van der Waals surface area (Å²) in [5, 5.41) is 8.53. The van der Waals surface area contributed by atoms with Crippen LogP contribution in [0.1, 0.15) is 16.7 Å². The number of rotatable bonds is 0. The second-order valence-electron chi connectivity index (χ2n) is 4.47. The predicted molar refractivity (Wildman–Crippen MR) is 73.2 cm³/mol. The monoisotopic (exact) mass is 233 g/mol. The summed E-state index contributed by atoms with van der Waals surface area (Å²) in [6.45, 7) is 0.870. The van der Waals surface area contributed by atoms with Crippen molar-refractivity contribution in [2.75, 3.05) is 4.90 Å². The van der Waals surface area contributed by atoms with Gasteiger partial charge in [-0.1, -0.05) is 42.5 Å². The minimum absolute atomic E-state index is 0.870. The molecule has 4 rings (SSSR count). The van der Waals surface area contributed by atoms with Gasteiger partial charge in [-0.3, -0.25) is 0 Å². The molecule has 0 atom stereocenters. The Morgan fingerprint density at radius 3 is 2.78 bits per heavy atom. The second-order valence-corrected chi connectivity index (χ2v) is 4.47. The van der Waals surface area contributed by atoms with Crippen molar-refractivity contribution in [2.45, 2.75) is 6.54 Å². The number of amidine groups is 1. The summed E-state index contributed by atoms with van der Waals surface area (Å²) in [5.41, 5.74) is 4.78. The van der Waals surface area contributed by atoms with Gasteiger partial charge in [0.1, 0.15) is 0 Å². The minimum Gasteiger partial charge on any atom is -0.319 e.